The minimum absolute atomic E-state index is 0.00289. The molecule has 1 aliphatic rings. The molecule has 10 nitrogen and oxygen atoms in total. The first-order valence-corrected chi connectivity index (χ1v) is 13.3. The maximum absolute atomic E-state index is 13.7. The predicted octanol–water partition coefficient (Wildman–Crippen LogP) is 3.55. The minimum atomic E-state index is -4.14. The van der Waals surface area contributed by atoms with E-state index in [1.54, 1.807) is 36.4 Å². The second-order valence-corrected chi connectivity index (χ2v) is 10.5. The Labute approximate surface area is 210 Å². The number of ether oxygens (including phenoxy) is 2. The number of hydrogen-bond acceptors (Lipinski definition) is 9. The van der Waals surface area contributed by atoms with E-state index in [1.165, 1.54) is 6.92 Å². The summed E-state index contributed by atoms with van der Waals surface area (Å²) in [6.07, 6.45) is -0.808. The topological polar surface area (TPSA) is 129 Å². The number of hydrogen-bond donors (Lipinski definition) is 2. The summed E-state index contributed by atoms with van der Waals surface area (Å²) in [5.74, 6) is -2.91. The van der Waals surface area contributed by atoms with Crippen molar-refractivity contribution in [1.29, 1.82) is 0 Å². The van der Waals surface area contributed by atoms with Crippen LogP contribution < -0.4 is 10.6 Å². The normalized spacial score (nSPS) is 18.4. The number of rotatable bonds is 11. The van der Waals surface area contributed by atoms with Gasteiger partial charge in [0.1, 0.15) is 18.4 Å². The van der Waals surface area contributed by atoms with Crippen molar-refractivity contribution < 1.29 is 37.5 Å². The van der Waals surface area contributed by atoms with Gasteiger partial charge in [0.25, 0.3) is 0 Å². The number of alkyl carbamates (subject to hydrolysis) is 1. The predicted molar refractivity (Wildman–Crippen MR) is 131 cm³/mol. The average Bonchev–Trinajstić information content (AvgIpc) is 3.43. The molecule has 1 amide bonds. The van der Waals surface area contributed by atoms with E-state index < -0.39 is 43.6 Å². The molecule has 1 saturated heterocycles. The third kappa shape index (κ3) is 7.99. The van der Waals surface area contributed by atoms with E-state index in [9.17, 15) is 18.9 Å². The van der Waals surface area contributed by atoms with Crippen molar-refractivity contribution in [3.05, 3.63) is 71.8 Å². The maximum atomic E-state index is 13.7. The molecule has 1 fully saturated rings. The lowest BCUT2D eigenvalue weighted by Crippen LogP contribution is -2.40. The van der Waals surface area contributed by atoms with Crippen LogP contribution in [0.1, 0.15) is 30.9 Å². The molecule has 2 aromatic rings. The molecule has 0 spiro atoms. The van der Waals surface area contributed by atoms with Gasteiger partial charge in [0.15, 0.2) is 6.10 Å². The third-order valence-corrected chi connectivity index (χ3v) is 7.78. The van der Waals surface area contributed by atoms with E-state index in [0.29, 0.717) is 13.0 Å². The molecule has 36 heavy (non-hydrogen) atoms. The van der Waals surface area contributed by atoms with Crippen LogP contribution in [-0.4, -0.2) is 49.6 Å². The van der Waals surface area contributed by atoms with E-state index >= 15 is 0 Å². The lowest BCUT2D eigenvalue weighted by atomic mass is 10.1. The van der Waals surface area contributed by atoms with Gasteiger partial charge >= 0.3 is 25.6 Å². The molecule has 3 rings (SSSR count). The lowest BCUT2D eigenvalue weighted by molar-refractivity contribution is -0.165. The van der Waals surface area contributed by atoms with Gasteiger partial charge in [0.2, 0.25) is 0 Å². The minimum Gasteiger partial charge on any atom is -0.445 e. The molecule has 0 saturated carbocycles. The SMILES string of the molecule is COP(=O)(OC(C)C(=O)OC(=O)[C@@H]1CCCN1)C(Cc1ccccc1)NC(=O)OCc1ccccc1. The summed E-state index contributed by atoms with van der Waals surface area (Å²) in [5, 5.41) is 5.50. The molecule has 0 radical (unpaired) electrons. The monoisotopic (exact) mass is 518 g/mol. The van der Waals surface area contributed by atoms with Crippen molar-refractivity contribution in [1.82, 2.24) is 10.6 Å². The molecule has 194 valence electrons. The molecule has 0 aliphatic carbocycles. The Kier molecular flexibility index (Phi) is 10.2. The molecule has 1 heterocycles. The van der Waals surface area contributed by atoms with Crippen LogP contribution >= 0.6 is 7.60 Å². The van der Waals surface area contributed by atoms with Crippen LogP contribution in [0.2, 0.25) is 0 Å². The smallest absolute Gasteiger partial charge is 0.408 e. The molecular weight excluding hydrogens is 487 g/mol. The van der Waals surface area contributed by atoms with Crippen molar-refractivity contribution in [3.63, 3.8) is 0 Å². The van der Waals surface area contributed by atoms with Crippen LogP contribution in [-0.2, 0) is 45.7 Å². The summed E-state index contributed by atoms with van der Waals surface area (Å²) < 4.78 is 34.7. The van der Waals surface area contributed by atoms with E-state index in [-0.39, 0.29) is 13.0 Å². The molecule has 11 heteroatoms. The van der Waals surface area contributed by atoms with Crippen molar-refractivity contribution in [3.8, 4) is 0 Å². The van der Waals surface area contributed by atoms with Crippen molar-refractivity contribution in [2.24, 2.45) is 0 Å². The molecule has 2 aromatic carbocycles. The average molecular weight is 519 g/mol. The molecule has 1 aliphatic heterocycles. The fraction of sp³-hybridized carbons (Fsp3) is 0.400. The van der Waals surface area contributed by atoms with Gasteiger partial charge in [-0.3, -0.25) is 9.09 Å². The first kappa shape index (κ1) is 27.5. The first-order chi connectivity index (χ1) is 17.3. The van der Waals surface area contributed by atoms with Crippen LogP contribution in [0.3, 0.4) is 0 Å². The van der Waals surface area contributed by atoms with Crippen molar-refractivity contribution in [2.45, 2.75) is 50.7 Å². The standard InChI is InChI=1S/C25H31N2O8P/c1-18(23(28)34-24(29)21-14-9-15-26-21)35-36(31,32-2)22(16-19-10-5-3-6-11-19)27-25(30)33-17-20-12-7-4-8-13-20/h3-8,10-13,18,21-22,26H,9,14-17H2,1-2H3,(H,27,30)/t18?,21-,22?,36?/m0/s1. The van der Waals surface area contributed by atoms with Crippen molar-refractivity contribution >= 4 is 25.6 Å². The fourth-order valence-corrected chi connectivity index (χ4v) is 5.34. The van der Waals surface area contributed by atoms with Crippen molar-refractivity contribution in [2.75, 3.05) is 13.7 Å². The number of esters is 2. The number of amides is 1. The summed E-state index contributed by atoms with van der Waals surface area (Å²) >= 11 is 0. The molecule has 3 unspecified atom stereocenters. The van der Waals surface area contributed by atoms with Gasteiger partial charge in [-0.25, -0.2) is 14.4 Å². The summed E-state index contributed by atoms with van der Waals surface area (Å²) in [4.78, 5) is 37.2. The Balaban J connectivity index is 1.69. The zero-order valence-electron chi connectivity index (χ0n) is 20.3. The summed E-state index contributed by atoms with van der Waals surface area (Å²) in [5.41, 5.74) is 1.51. The third-order valence-electron chi connectivity index (χ3n) is 5.59. The molecule has 4 atom stereocenters. The van der Waals surface area contributed by atoms with Gasteiger partial charge < -0.3 is 24.6 Å². The first-order valence-electron chi connectivity index (χ1n) is 11.6. The van der Waals surface area contributed by atoms with E-state index in [1.807, 2.05) is 24.3 Å². The largest absolute Gasteiger partial charge is 0.445 e. The van der Waals surface area contributed by atoms with Gasteiger partial charge in [0.05, 0.1) is 0 Å². The number of benzene rings is 2. The van der Waals surface area contributed by atoms with Gasteiger partial charge in [-0.1, -0.05) is 60.7 Å². The molecule has 0 bridgehead atoms. The Morgan fingerprint density at radius 1 is 1.06 bits per heavy atom. The van der Waals surface area contributed by atoms with Gasteiger partial charge in [-0.15, -0.1) is 0 Å². The van der Waals surface area contributed by atoms with Gasteiger partial charge in [-0.2, -0.15) is 0 Å². The molecular formula is C25H31N2O8P. The number of nitrogens with one attached hydrogen (secondary N) is 2. The zero-order valence-corrected chi connectivity index (χ0v) is 21.1. The van der Waals surface area contributed by atoms with Crippen LogP contribution in [0.15, 0.2) is 60.7 Å². The quantitative estimate of drug-likeness (QED) is 0.261. The number of carbonyl (C=O) groups is 3. The van der Waals surface area contributed by atoms with Gasteiger partial charge in [-0.05, 0) is 37.4 Å². The summed E-state index contributed by atoms with van der Waals surface area (Å²) in [6, 6.07) is 17.5. The van der Waals surface area contributed by atoms with Crippen LogP contribution in [0.25, 0.3) is 0 Å². The maximum Gasteiger partial charge on any atom is 0.408 e. The Bertz CT molecular complexity index is 1060. The Morgan fingerprint density at radius 3 is 2.28 bits per heavy atom. The zero-order chi connectivity index (χ0) is 26.0. The van der Waals surface area contributed by atoms with Crippen LogP contribution in [0.4, 0.5) is 4.79 Å². The van der Waals surface area contributed by atoms with Crippen LogP contribution in [0, 0.1) is 0 Å². The highest BCUT2D eigenvalue weighted by molar-refractivity contribution is 7.54. The van der Waals surface area contributed by atoms with Gasteiger partial charge in [0, 0.05) is 13.5 Å². The Hall–Kier alpha value is -3.04. The highest BCUT2D eigenvalue weighted by Gasteiger charge is 2.41. The molecule has 2 N–H and O–H groups in total. The van der Waals surface area contributed by atoms with Crippen LogP contribution in [0.5, 0.6) is 0 Å². The van der Waals surface area contributed by atoms with E-state index in [0.717, 1.165) is 24.7 Å². The highest BCUT2D eigenvalue weighted by atomic mass is 31.2. The summed E-state index contributed by atoms with van der Waals surface area (Å²) in [6.45, 7) is 1.96. The summed E-state index contributed by atoms with van der Waals surface area (Å²) in [7, 11) is -2.99. The second-order valence-electron chi connectivity index (χ2n) is 8.27. The highest BCUT2D eigenvalue weighted by Crippen LogP contribution is 2.53. The molecule has 0 aromatic heterocycles. The lowest BCUT2D eigenvalue weighted by Gasteiger charge is -2.28. The van der Waals surface area contributed by atoms with E-state index in [4.69, 9.17) is 18.5 Å². The fourth-order valence-electron chi connectivity index (χ4n) is 3.63. The number of carbonyl (C=O) groups excluding carboxylic acids is 3. The Morgan fingerprint density at radius 2 is 1.69 bits per heavy atom. The van der Waals surface area contributed by atoms with E-state index in [2.05, 4.69) is 10.6 Å². The second kappa shape index (κ2) is 13.3.